The van der Waals surface area contributed by atoms with Crippen molar-refractivity contribution in [3.63, 3.8) is 0 Å². The highest BCUT2D eigenvalue weighted by Crippen LogP contribution is 2.40. The summed E-state index contributed by atoms with van der Waals surface area (Å²) < 4.78 is 11.3. The maximum Gasteiger partial charge on any atom is 0.160 e. The predicted molar refractivity (Wildman–Crippen MR) is 193 cm³/mol. The molecule has 0 spiro atoms. The zero-order valence-electron chi connectivity index (χ0n) is 25.2. The fraction of sp³-hybridized carbons (Fsp3) is 0.0233. The highest BCUT2D eigenvalue weighted by atomic mass is 16.3. The molecule has 0 radical (unpaired) electrons. The van der Waals surface area contributed by atoms with Crippen LogP contribution in [0.25, 0.3) is 88.1 Å². The number of furan rings is 1. The van der Waals surface area contributed by atoms with Crippen molar-refractivity contribution in [3.05, 3.63) is 157 Å². The third-order valence-corrected chi connectivity index (χ3v) is 9.66. The number of hydrogen-bond donors (Lipinski definition) is 0. The molecule has 3 heteroatoms. The van der Waals surface area contributed by atoms with E-state index in [1.54, 1.807) is 0 Å². The minimum atomic E-state index is 0.914. The van der Waals surface area contributed by atoms with Crippen LogP contribution in [0, 0.1) is 6.92 Å². The summed E-state index contributed by atoms with van der Waals surface area (Å²) in [6, 6.07) is 54.5. The average molecular weight is 589 g/mol. The van der Waals surface area contributed by atoms with E-state index in [2.05, 4.69) is 162 Å². The van der Waals surface area contributed by atoms with Gasteiger partial charge in [0.2, 0.25) is 0 Å². The van der Waals surface area contributed by atoms with Gasteiger partial charge in [0, 0.05) is 43.7 Å². The number of aryl methyl sites for hydroxylation is 1. The van der Waals surface area contributed by atoms with Crippen LogP contribution in [-0.4, -0.2) is 9.13 Å². The van der Waals surface area contributed by atoms with Gasteiger partial charge in [-0.3, -0.25) is 0 Å². The topological polar surface area (TPSA) is 23.0 Å². The van der Waals surface area contributed by atoms with Crippen molar-refractivity contribution in [1.29, 1.82) is 0 Å². The Morgan fingerprint density at radius 1 is 0.391 bits per heavy atom. The molecule has 0 saturated carbocycles. The molecule has 0 atom stereocenters. The van der Waals surface area contributed by atoms with Gasteiger partial charge in [0.25, 0.3) is 0 Å². The standard InChI is InChI=1S/C43H28N2O/c1-27-9-8-13-35-32-10-2-5-14-38(32)44(41(27)35)30-21-17-28(18-22-30)29-19-23-31(24-20-29)45-39-15-6-3-11-33(39)36-25-26-37-34-12-4-7-16-40(34)46-43(37)42(36)45/h2-26H,1H3. The molecule has 10 rings (SSSR count). The van der Waals surface area contributed by atoms with Crippen molar-refractivity contribution in [2.24, 2.45) is 0 Å². The quantitative estimate of drug-likeness (QED) is 0.201. The van der Waals surface area contributed by atoms with E-state index in [0.29, 0.717) is 0 Å². The SMILES string of the molecule is Cc1cccc2c3ccccc3n(-c3ccc(-c4ccc(-n5c6ccccc6c6ccc7c8ccccc8oc7c65)cc4)cc3)c12. The zero-order valence-corrected chi connectivity index (χ0v) is 25.2. The summed E-state index contributed by atoms with van der Waals surface area (Å²) in [5.74, 6) is 0. The summed E-state index contributed by atoms with van der Waals surface area (Å²) in [4.78, 5) is 0. The summed E-state index contributed by atoms with van der Waals surface area (Å²) in [6.45, 7) is 2.20. The van der Waals surface area contributed by atoms with Crippen LogP contribution >= 0.6 is 0 Å². The van der Waals surface area contributed by atoms with E-state index in [0.717, 1.165) is 33.1 Å². The van der Waals surface area contributed by atoms with E-state index in [4.69, 9.17) is 4.42 Å². The summed E-state index contributed by atoms with van der Waals surface area (Å²) in [6.07, 6.45) is 0. The van der Waals surface area contributed by atoms with Crippen molar-refractivity contribution in [2.75, 3.05) is 0 Å². The Labute approximate surface area is 265 Å². The van der Waals surface area contributed by atoms with Crippen LogP contribution in [0.4, 0.5) is 0 Å². The van der Waals surface area contributed by atoms with Gasteiger partial charge in [-0.05, 0) is 72.1 Å². The molecule has 46 heavy (non-hydrogen) atoms. The van der Waals surface area contributed by atoms with E-state index >= 15 is 0 Å². The van der Waals surface area contributed by atoms with E-state index in [1.807, 2.05) is 6.07 Å². The monoisotopic (exact) mass is 588 g/mol. The molecule has 0 aliphatic carbocycles. The predicted octanol–water partition coefficient (Wildman–Crippen LogP) is 11.8. The Balaban J connectivity index is 1.10. The summed E-state index contributed by atoms with van der Waals surface area (Å²) in [7, 11) is 0. The molecule has 3 heterocycles. The lowest BCUT2D eigenvalue weighted by Crippen LogP contribution is -1.95. The molecule has 0 amide bonds. The molecular weight excluding hydrogens is 560 g/mol. The molecule has 7 aromatic carbocycles. The van der Waals surface area contributed by atoms with Crippen molar-refractivity contribution >= 4 is 65.6 Å². The fourth-order valence-electron chi connectivity index (χ4n) is 7.56. The van der Waals surface area contributed by atoms with Gasteiger partial charge in [-0.1, -0.05) is 103 Å². The van der Waals surface area contributed by atoms with Gasteiger partial charge in [-0.25, -0.2) is 0 Å². The lowest BCUT2D eigenvalue weighted by molar-refractivity contribution is 0.671. The molecule has 0 saturated heterocycles. The molecule has 0 aliphatic heterocycles. The maximum atomic E-state index is 6.53. The molecular formula is C43H28N2O. The highest BCUT2D eigenvalue weighted by Gasteiger charge is 2.19. The van der Waals surface area contributed by atoms with Crippen LogP contribution in [-0.2, 0) is 0 Å². The Bertz CT molecular complexity index is 2790. The van der Waals surface area contributed by atoms with Crippen LogP contribution in [0.15, 0.2) is 156 Å². The molecule has 3 nitrogen and oxygen atoms in total. The zero-order chi connectivity index (χ0) is 30.4. The first kappa shape index (κ1) is 25.3. The van der Waals surface area contributed by atoms with Crippen molar-refractivity contribution in [2.45, 2.75) is 6.92 Å². The van der Waals surface area contributed by atoms with Crippen molar-refractivity contribution in [3.8, 4) is 22.5 Å². The fourth-order valence-corrected chi connectivity index (χ4v) is 7.56. The number of para-hydroxylation sites is 4. The minimum Gasteiger partial charge on any atom is -0.454 e. The lowest BCUT2D eigenvalue weighted by Gasteiger charge is -2.12. The van der Waals surface area contributed by atoms with E-state index in [-0.39, 0.29) is 0 Å². The van der Waals surface area contributed by atoms with Gasteiger partial charge in [0.1, 0.15) is 5.58 Å². The first-order valence-corrected chi connectivity index (χ1v) is 15.8. The number of aromatic nitrogens is 2. The summed E-state index contributed by atoms with van der Waals surface area (Å²) >= 11 is 0. The second kappa shape index (κ2) is 9.47. The average Bonchev–Trinajstić information content (AvgIpc) is 3.77. The minimum absolute atomic E-state index is 0.914. The Morgan fingerprint density at radius 2 is 0.891 bits per heavy atom. The Morgan fingerprint density at radius 3 is 1.54 bits per heavy atom. The normalized spacial score (nSPS) is 12.0. The number of hydrogen-bond acceptors (Lipinski definition) is 1. The molecule has 0 fully saturated rings. The molecule has 0 aliphatic rings. The van der Waals surface area contributed by atoms with Gasteiger partial charge in [-0.2, -0.15) is 0 Å². The van der Waals surface area contributed by atoms with Crippen molar-refractivity contribution < 1.29 is 4.42 Å². The molecule has 10 aromatic rings. The summed E-state index contributed by atoms with van der Waals surface area (Å²) in [5.41, 5.74) is 12.5. The lowest BCUT2D eigenvalue weighted by atomic mass is 10.0. The van der Waals surface area contributed by atoms with Gasteiger partial charge in [0.15, 0.2) is 5.58 Å². The van der Waals surface area contributed by atoms with Gasteiger partial charge in [0.05, 0.1) is 22.1 Å². The highest BCUT2D eigenvalue weighted by molar-refractivity contribution is 6.21. The van der Waals surface area contributed by atoms with Crippen LogP contribution in [0.3, 0.4) is 0 Å². The van der Waals surface area contributed by atoms with Gasteiger partial charge < -0.3 is 13.6 Å². The molecule has 0 unspecified atom stereocenters. The van der Waals surface area contributed by atoms with Crippen molar-refractivity contribution in [1.82, 2.24) is 9.13 Å². The number of rotatable bonds is 3. The molecule has 0 bridgehead atoms. The number of fused-ring (bicyclic) bond motifs is 10. The Kier molecular flexibility index (Phi) is 5.20. The van der Waals surface area contributed by atoms with Crippen LogP contribution in [0.1, 0.15) is 5.56 Å². The summed E-state index contributed by atoms with van der Waals surface area (Å²) in [5, 5.41) is 7.28. The van der Waals surface area contributed by atoms with Gasteiger partial charge in [-0.15, -0.1) is 0 Å². The van der Waals surface area contributed by atoms with Gasteiger partial charge >= 0.3 is 0 Å². The third-order valence-electron chi connectivity index (χ3n) is 9.66. The molecule has 216 valence electrons. The van der Waals surface area contributed by atoms with E-state index in [1.165, 1.54) is 60.5 Å². The molecule has 3 aromatic heterocycles. The number of nitrogens with zero attached hydrogens (tertiary/aromatic N) is 2. The number of benzene rings is 7. The maximum absolute atomic E-state index is 6.53. The smallest absolute Gasteiger partial charge is 0.160 e. The molecule has 0 N–H and O–H groups in total. The first-order chi connectivity index (χ1) is 22.7. The second-order valence-corrected chi connectivity index (χ2v) is 12.2. The van der Waals surface area contributed by atoms with Crippen LogP contribution < -0.4 is 0 Å². The van der Waals surface area contributed by atoms with E-state index in [9.17, 15) is 0 Å². The van der Waals surface area contributed by atoms with Crippen LogP contribution in [0.2, 0.25) is 0 Å². The van der Waals surface area contributed by atoms with Crippen LogP contribution in [0.5, 0.6) is 0 Å². The third kappa shape index (κ3) is 3.48. The Hall–Kier alpha value is -6.06. The largest absolute Gasteiger partial charge is 0.454 e. The second-order valence-electron chi connectivity index (χ2n) is 12.2. The van der Waals surface area contributed by atoms with E-state index < -0.39 is 0 Å². The first-order valence-electron chi connectivity index (χ1n) is 15.8.